The predicted molar refractivity (Wildman–Crippen MR) is 227 cm³/mol. The number of carbonyl (C=O) groups excluding carboxylic acids is 3. The minimum atomic E-state index is -1.28. The third-order valence-corrected chi connectivity index (χ3v) is 12.0. The zero-order valence-corrected chi connectivity index (χ0v) is 33.9. The van der Waals surface area contributed by atoms with Crippen molar-refractivity contribution in [2.24, 2.45) is 0 Å². The van der Waals surface area contributed by atoms with E-state index in [1.165, 1.54) is 16.2 Å². The maximum Gasteiger partial charge on any atom is 0.326 e. The van der Waals surface area contributed by atoms with Crippen molar-refractivity contribution in [2.45, 2.75) is 44.2 Å². The fourth-order valence-electron chi connectivity index (χ4n) is 7.21. The molecular weight excluding hydrogens is 823 g/mol. The van der Waals surface area contributed by atoms with E-state index in [-0.39, 0.29) is 37.8 Å². The third kappa shape index (κ3) is 8.70. The monoisotopic (exact) mass is 856 g/mol. The molecule has 0 saturated heterocycles. The Morgan fingerprint density at radius 3 is 2.30 bits per heavy atom. The Kier molecular flexibility index (Phi) is 11.6. The van der Waals surface area contributed by atoms with Gasteiger partial charge in [-0.05, 0) is 93.4 Å². The average Bonchev–Trinajstić information content (AvgIpc) is 3.81. The lowest BCUT2D eigenvalue weighted by molar-refractivity contribution is -0.142. The molecular formula is C46H34Cl2N4O7S. The van der Waals surface area contributed by atoms with Gasteiger partial charge in [0, 0.05) is 24.9 Å². The number of aliphatic carboxylic acids is 1. The molecule has 5 aromatic carbocycles. The van der Waals surface area contributed by atoms with Crippen LogP contribution < -0.4 is 20.1 Å². The Labute approximate surface area is 358 Å². The number of nitrogens with one attached hydrogen (secondary N) is 2. The molecule has 3 unspecified atom stereocenters. The first-order valence-corrected chi connectivity index (χ1v) is 20.4. The van der Waals surface area contributed by atoms with Crippen molar-refractivity contribution in [1.29, 1.82) is 5.26 Å². The summed E-state index contributed by atoms with van der Waals surface area (Å²) in [5.41, 5.74) is 6.31. The summed E-state index contributed by atoms with van der Waals surface area (Å²) in [5.74, 6) is -1.61. The predicted octanol–water partition coefficient (Wildman–Crippen LogP) is 8.62. The van der Waals surface area contributed by atoms with E-state index in [0.29, 0.717) is 54.4 Å². The molecule has 1 aromatic heterocycles. The number of benzene rings is 5. The second-order valence-corrected chi connectivity index (χ2v) is 16.1. The summed E-state index contributed by atoms with van der Waals surface area (Å²) in [5, 5.41) is 27.6. The number of hydrogen-bond donors (Lipinski definition) is 3. The molecule has 14 heteroatoms. The zero-order valence-electron chi connectivity index (χ0n) is 31.6. The van der Waals surface area contributed by atoms with Crippen molar-refractivity contribution < 1.29 is 33.8 Å². The van der Waals surface area contributed by atoms with Crippen molar-refractivity contribution >= 4 is 63.9 Å². The number of carboxylic acids is 1. The van der Waals surface area contributed by atoms with Crippen molar-refractivity contribution in [3.05, 3.63) is 169 Å². The minimum absolute atomic E-state index is 0.00340. The summed E-state index contributed by atoms with van der Waals surface area (Å²) in [6.07, 6.45) is -0.894. The highest BCUT2D eigenvalue weighted by molar-refractivity contribution is 7.12. The van der Waals surface area contributed by atoms with Gasteiger partial charge in [0.1, 0.15) is 30.2 Å². The number of carbonyl (C=O) groups is 4. The topological polar surface area (TPSA) is 158 Å². The van der Waals surface area contributed by atoms with E-state index in [0.717, 1.165) is 22.3 Å². The fraction of sp³-hybridized carbons (Fsp3) is 0.152. The molecule has 0 bridgehead atoms. The number of ether oxygens (including phenoxy) is 2. The van der Waals surface area contributed by atoms with Gasteiger partial charge in [-0.3, -0.25) is 14.4 Å². The van der Waals surface area contributed by atoms with E-state index < -0.39 is 30.1 Å². The molecule has 2 aliphatic rings. The molecule has 3 atom stereocenters. The highest BCUT2D eigenvalue weighted by Gasteiger charge is 2.39. The number of amides is 3. The second kappa shape index (κ2) is 17.3. The average molecular weight is 858 g/mol. The molecule has 8 rings (SSSR count). The summed E-state index contributed by atoms with van der Waals surface area (Å²) in [4.78, 5) is 55.8. The van der Waals surface area contributed by atoms with E-state index in [1.54, 1.807) is 90.3 Å². The SMILES string of the molecule is N#Cc1ccc(-c2ccc(CC(NC(=O)C3Cc4cc5c(cc4CN3C(=O)c3cccs3)OC(c3ccc(OCc4ccc(Cl)c(Cl)c4)cc3)C(=O)N5)C(=O)O)cc2)cc1. The van der Waals surface area contributed by atoms with E-state index in [9.17, 15) is 24.3 Å². The van der Waals surface area contributed by atoms with Crippen LogP contribution in [-0.2, 0) is 40.4 Å². The van der Waals surface area contributed by atoms with Crippen LogP contribution in [0.3, 0.4) is 0 Å². The van der Waals surface area contributed by atoms with Crippen molar-refractivity contribution in [1.82, 2.24) is 10.2 Å². The van der Waals surface area contributed by atoms with Crippen LogP contribution in [-0.4, -0.2) is 45.8 Å². The van der Waals surface area contributed by atoms with E-state index >= 15 is 0 Å². The van der Waals surface area contributed by atoms with Crippen molar-refractivity contribution in [3.8, 4) is 28.7 Å². The van der Waals surface area contributed by atoms with Gasteiger partial charge in [-0.2, -0.15) is 5.26 Å². The summed E-state index contributed by atoms with van der Waals surface area (Å²) >= 11 is 13.4. The Bertz CT molecular complexity index is 2650. The lowest BCUT2D eigenvalue weighted by Crippen LogP contribution is -2.55. The van der Waals surface area contributed by atoms with Gasteiger partial charge in [-0.15, -0.1) is 11.3 Å². The number of hydrogen-bond acceptors (Lipinski definition) is 8. The largest absolute Gasteiger partial charge is 0.489 e. The molecule has 0 radical (unpaired) electrons. The molecule has 0 saturated carbocycles. The molecule has 11 nitrogen and oxygen atoms in total. The van der Waals surface area contributed by atoms with Crippen LogP contribution in [0.15, 0.2) is 121 Å². The lowest BCUT2D eigenvalue weighted by Gasteiger charge is -2.37. The summed E-state index contributed by atoms with van der Waals surface area (Å²) in [6.45, 7) is 0.305. The number of thiophene rings is 1. The smallest absolute Gasteiger partial charge is 0.326 e. The first-order valence-electron chi connectivity index (χ1n) is 18.8. The maximum atomic E-state index is 14.1. The second-order valence-electron chi connectivity index (χ2n) is 14.3. The van der Waals surface area contributed by atoms with Crippen LogP contribution in [0.1, 0.15) is 49.2 Å². The van der Waals surface area contributed by atoms with Gasteiger partial charge in [-0.25, -0.2) is 4.79 Å². The fourth-order valence-corrected chi connectivity index (χ4v) is 8.21. The van der Waals surface area contributed by atoms with Gasteiger partial charge >= 0.3 is 5.97 Å². The number of carboxylic acid groups (broad SMARTS) is 1. The Morgan fingerprint density at radius 2 is 1.63 bits per heavy atom. The molecule has 60 heavy (non-hydrogen) atoms. The molecule has 3 heterocycles. The first-order chi connectivity index (χ1) is 29.0. The van der Waals surface area contributed by atoms with Crippen LogP contribution in [0.25, 0.3) is 11.1 Å². The van der Waals surface area contributed by atoms with Gasteiger partial charge < -0.3 is 30.1 Å². The van der Waals surface area contributed by atoms with Crippen LogP contribution in [0.2, 0.25) is 10.0 Å². The summed E-state index contributed by atoms with van der Waals surface area (Å²) in [7, 11) is 0. The first kappa shape index (κ1) is 40.1. The number of halogens is 2. The van der Waals surface area contributed by atoms with E-state index in [4.69, 9.17) is 37.9 Å². The maximum absolute atomic E-state index is 14.1. The number of nitriles is 1. The number of rotatable bonds is 11. The molecule has 300 valence electrons. The van der Waals surface area contributed by atoms with Gasteiger partial charge in [0.2, 0.25) is 12.0 Å². The number of nitrogens with zero attached hydrogens (tertiary/aromatic N) is 2. The van der Waals surface area contributed by atoms with E-state index in [2.05, 4.69) is 16.7 Å². The zero-order chi connectivity index (χ0) is 41.9. The lowest BCUT2D eigenvalue weighted by atomic mass is 9.91. The molecule has 6 aromatic rings. The summed E-state index contributed by atoms with van der Waals surface area (Å²) < 4.78 is 12.2. The van der Waals surface area contributed by atoms with Crippen LogP contribution in [0.5, 0.6) is 11.5 Å². The normalized spacial score (nSPS) is 15.9. The highest BCUT2D eigenvalue weighted by atomic mass is 35.5. The van der Waals surface area contributed by atoms with Crippen molar-refractivity contribution in [2.75, 3.05) is 5.32 Å². The molecule has 3 amide bonds. The van der Waals surface area contributed by atoms with Gasteiger partial charge in [0.15, 0.2) is 0 Å². The molecule has 2 aliphatic heterocycles. The van der Waals surface area contributed by atoms with Crippen LogP contribution >= 0.6 is 34.5 Å². The quantitative estimate of drug-likeness (QED) is 0.117. The van der Waals surface area contributed by atoms with Crippen molar-refractivity contribution in [3.63, 3.8) is 0 Å². The number of anilines is 1. The number of fused-ring (bicyclic) bond motifs is 2. The molecule has 0 spiro atoms. The summed E-state index contributed by atoms with van der Waals surface area (Å²) in [6, 6.07) is 33.4. The van der Waals surface area contributed by atoms with Gasteiger partial charge in [0.05, 0.1) is 32.2 Å². The Hall–Kier alpha value is -6.65. The highest BCUT2D eigenvalue weighted by Crippen LogP contribution is 2.40. The molecule has 0 aliphatic carbocycles. The Balaban J connectivity index is 0.981. The van der Waals surface area contributed by atoms with E-state index in [1.807, 2.05) is 30.3 Å². The third-order valence-electron chi connectivity index (χ3n) is 10.4. The minimum Gasteiger partial charge on any atom is -0.489 e. The standard InChI is InChI=1S/C46H34Cl2N4O7S/c47-35-16-7-28(18-36(35)48)25-58-34-14-12-31(13-15-34)42-44(54)50-37-20-32-21-39(52(24-33(32)22-40(37)59-42)45(55)41-2-1-17-60-41)43(53)51-38(46(56)57)19-26-3-8-29(9-4-26)30-10-5-27(23-49)6-11-30/h1-18,20,22,38-39,42H,19,21,24-25H2,(H,50,54)(H,51,53)(H,56,57). The molecule has 3 N–H and O–H groups in total. The van der Waals surface area contributed by atoms with Gasteiger partial charge in [0.25, 0.3) is 11.8 Å². The molecule has 0 fully saturated rings. The van der Waals surface area contributed by atoms with Gasteiger partial charge in [-0.1, -0.05) is 83.9 Å². The van der Waals surface area contributed by atoms with Crippen LogP contribution in [0.4, 0.5) is 5.69 Å². The Morgan fingerprint density at radius 1 is 0.917 bits per heavy atom. The van der Waals surface area contributed by atoms with Crippen LogP contribution in [0, 0.1) is 11.3 Å².